The zero-order chi connectivity index (χ0) is 15.1. The highest BCUT2D eigenvalue weighted by molar-refractivity contribution is 14.0. The molecule has 0 radical (unpaired) electrons. The summed E-state index contributed by atoms with van der Waals surface area (Å²) in [5.74, 6) is 1.71. The number of hydrogen-bond acceptors (Lipinski definition) is 2. The Morgan fingerprint density at radius 3 is 2.68 bits per heavy atom. The fraction of sp³-hybridized carbons (Fsp3) is 0.438. The third-order valence-electron chi connectivity index (χ3n) is 3.33. The summed E-state index contributed by atoms with van der Waals surface area (Å²) in [5, 5.41) is 6.76. The van der Waals surface area contributed by atoms with E-state index in [0.717, 1.165) is 41.1 Å². The Morgan fingerprint density at radius 2 is 2.09 bits per heavy atom. The minimum Gasteiger partial charge on any atom is -0.496 e. The Bertz CT molecular complexity index is 526. The van der Waals surface area contributed by atoms with Gasteiger partial charge in [0.25, 0.3) is 0 Å². The summed E-state index contributed by atoms with van der Waals surface area (Å²) < 4.78 is 6.19. The molecule has 1 aliphatic rings. The fourth-order valence-electron chi connectivity index (χ4n) is 2.23. The van der Waals surface area contributed by atoms with Crippen molar-refractivity contribution in [2.45, 2.75) is 32.4 Å². The number of nitrogens with one attached hydrogen (secondary N) is 2. The molecule has 0 amide bonds. The number of ether oxygens (including phenoxy) is 1. The van der Waals surface area contributed by atoms with Gasteiger partial charge in [-0.25, -0.2) is 4.99 Å². The Kier molecular flexibility index (Phi) is 8.85. The van der Waals surface area contributed by atoms with Gasteiger partial charge in [-0.05, 0) is 53.4 Å². The summed E-state index contributed by atoms with van der Waals surface area (Å²) >= 11 is 3.50. The quantitative estimate of drug-likeness (QED) is 0.292. The summed E-state index contributed by atoms with van der Waals surface area (Å²) in [6, 6.07) is 6.50. The van der Waals surface area contributed by atoms with Gasteiger partial charge in [-0.15, -0.1) is 24.0 Å². The van der Waals surface area contributed by atoms with E-state index in [-0.39, 0.29) is 24.0 Å². The molecule has 1 aromatic carbocycles. The summed E-state index contributed by atoms with van der Waals surface area (Å²) in [4.78, 5) is 4.65. The van der Waals surface area contributed by atoms with Crippen LogP contribution in [-0.4, -0.2) is 25.7 Å². The van der Waals surface area contributed by atoms with Crippen molar-refractivity contribution in [2.24, 2.45) is 4.99 Å². The molecule has 0 aliphatic heterocycles. The van der Waals surface area contributed by atoms with Crippen LogP contribution in [0.4, 0.5) is 0 Å². The van der Waals surface area contributed by atoms with Gasteiger partial charge >= 0.3 is 0 Å². The lowest BCUT2D eigenvalue weighted by atomic mass is 10.2. The first kappa shape index (κ1) is 19.3. The molecule has 0 aromatic heterocycles. The molecule has 1 aromatic rings. The van der Waals surface area contributed by atoms with Crippen LogP contribution >= 0.6 is 39.9 Å². The highest BCUT2D eigenvalue weighted by Crippen LogP contribution is 2.25. The van der Waals surface area contributed by atoms with Crippen molar-refractivity contribution >= 4 is 45.9 Å². The summed E-state index contributed by atoms with van der Waals surface area (Å²) in [6.45, 7) is 3.57. The predicted octanol–water partition coefficient (Wildman–Crippen LogP) is 3.85. The van der Waals surface area contributed by atoms with Crippen LogP contribution in [0, 0.1) is 0 Å². The van der Waals surface area contributed by atoms with Crippen LogP contribution in [0.15, 0.2) is 39.8 Å². The maximum atomic E-state index is 5.24. The average molecular weight is 480 g/mol. The normalized spacial score (nSPS) is 14.6. The number of methoxy groups -OCH3 is 1. The van der Waals surface area contributed by atoms with Crippen LogP contribution in [0.5, 0.6) is 5.75 Å². The third-order valence-corrected chi connectivity index (χ3v) is 3.95. The number of rotatable bonds is 5. The lowest BCUT2D eigenvalue weighted by Crippen LogP contribution is -2.42. The minimum absolute atomic E-state index is 0. The molecule has 0 saturated carbocycles. The van der Waals surface area contributed by atoms with Gasteiger partial charge < -0.3 is 15.4 Å². The molecule has 0 fully saturated rings. The van der Waals surface area contributed by atoms with E-state index in [1.54, 1.807) is 7.11 Å². The van der Waals surface area contributed by atoms with E-state index in [1.165, 1.54) is 0 Å². The Hall–Kier alpha value is -0.760. The molecule has 0 atom stereocenters. The van der Waals surface area contributed by atoms with Gasteiger partial charge in [0.05, 0.1) is 18.1 Å². The number of nitrogens with zero attached hydrogens (tertiary/aromatic N) is 1. The maximum absolute atomic E-state index is 5.24. The number of aliphatic imine (C=N–C) groups is 1. The standard InChI is InChI=1S/C16H22BrN3O.HI/c1-3-18-16(20-13-6-4-5-7-13)19-11-12-8-9-15(21-2)14(17)10-12;/h4-5,8-10,13H,3,6-7,11H2,1-2H3,(H2,18,19,20);1H. The largest absolute Gasteiger partial charge is 0.496 e. The number of guanidine groups is 1. The first-order valence-electron chi connectivity index (χ1n) is 7.25. The third kappa shape index (κ3) is 5.79. The van der Waals surface area contributed by atoms with E-state index in [4.69, 9.17) is 4.74 Å². The van der Waals surface area contributed by atoms with Gasteiger partial charge in [0.1, 0.15) is 5.75 Å². The molecular weight excluding hydrogens is 457 g/mol. The molecule has 0 unspecified atom stereocenters. The van der Waals surface area contributed by atoms with Crippen molar-refractivity contribution in [3.05, 3.63) is 40.4 Å². The van der Waals surface area contributed by atoms with E-state index in [2.05, 4.69) is 50.6 Å². The molecule has 22 heavy (non-hydrogen) atoms. The molecule has 122 valence electrons. The average Bonchev–Trinajstić information content (AvgIpc) is 2.98. The molecule has 2 N–H and O–H groups in total. The first-order chi connectivity index (χ1) is 10.2. The molecule has 6 heteroatoms. The van der Waals surface area contributed by atoms with Crippen LogP contribution < -0.4 is 15.4 Å². The van der Waals surface area contributed by atoms with E-state index >= 15 is 0 Å². The molecule has 0 spiro atoms. The maximum Gasteiger partial charge on any atom is 0.191 e. The summed E-state index contributed by atoms with van der Waals surface area (Å²) in [6.07, 6.45) is 6.56. The number of halogens is 2. The smallest absolute Gasteiger partial charge is 0.191 e. The molecule has 0 saturated heterocycles. The van der Waals surface area contributed by atoms with Crippen molar-refractivity contribution < 1.29 is 4.74 Å². The second-order valence-corrected chi connectivity index (χ2v) is 5.80. The van der Waals surface area contributed by atoms with Crippen molar-refractivity contribution in [2.75, 3.05) is 13.7 Å². The lowest BCUT2D eigenvalue weighted by molar-refractivity contribution is 0.412. The van der Waals surface area contributed by atoms with Crippen LogP contribution in [0.25, 0.3) is 0 Å². The van der Waals surface area contributed by atoms with Gasteiger partial charge in [0.2, 0.25) is 0 Å². The van der Waals surface area contributed by atoms with Crippen LogP contribution in [0.3, 0.4) is 0 Å². The molecule has 2 rings (SSSR count). The SMILES string of the molecule is CCNC(=NCc1ccc(OC)c(Br)c1)NC1CC=CC1.I. The molecule has 1 aliphatic carbocycles. The van der Waals surface area contributed by atoms with Crippen molar-refractivity contribution in [1.29, 1.82) is 0 Å². The zero-order valence-electron chi connectivity index (χ0n) is 12.9. The van der Waals surface area contributed by atoms with E-state index in [0.29, 0.717) is 12.6 Å². The monoisotopic (exact) mass is 479 g/mol. The predicted molar refractivity (Wildman–Crippen MR) is 106 cm³/mol. The lowest BCUT2D eigenvalue weighted by Gasteiger charge is -2.16. The number of benzene rings is 1. The van der Waals surface area contributed by atoms with Crippen molar-refractivity contribution in [3.8, 4) is 5.75 Å². The van der Waals surface area contributed by atoms with E-state index in [9.17, 15) is 0 Å². The Balaban J connectivity index is 0.00000242. The molecule has 4 nitrogen and oxygen atoms in total. The summed E-state index contributed by atoms with van der Waals surface area (Å²) in [5.41, 5.74) is 1.14. The summed E-state index contributed by atoms with van der Waals surface area (Å²) in [7, 11) is 1.67. The molecular formula is C16H23BrIN3O. The second kappa shape index (κ2) is 10.1. The van der Waals surface area contributed by atoms with Crippen molar-refractivity contribution in [1.82, 2.24) is 10.6 Å². The second-order valence-electron chi connectivity index (χ2n) is 4.95. The van der Waals surface area contributed by atoms with Crippen LogP contribution in [-0.2, 0) is 6.54 Å². The first-order valence-corrected chi connectivity index (χ1v) is 8.04. The molecule has 0 heterocycles. The van der Waals surface area contributed by atoms with E-state index < -0.39 is 0 Å². The van der Waals surface area contributed by atoms with Gasteiger partial charge in [-0.3, -0.25) is 0 Å². The van der Waals surface area contributed by atoms with Gasteiger partial charge in [0, 0.05) is 12.6 Å². The topological polar surface area (TPSA) is 45.7 Å². The number of hydrogen-bond donors (Lipinski definition) is 2. The van der Waals surface area contributed by atoms with Crippen molar-refractivity contribution in [3.63, 3.8) is 0 Å². The van der Waals surface area contributed by atoms with Gasteiger partial charge in [-0.1, -0.05) is 18.2 Å². The highest BCUT2D eigenvalue weighted by atomic mass is 127. The fourth-order valence-corrected chi connectivity index (χ4v) is 2.82. The Labute approximate surface area is 158 Å². The Morgan fingerprint density at radius 1 is 1.36 bits per heavy atom. The molecule has 0 bridgehead atoms. The van der Waals surface area contributed by atoms with Crippen LogP contribution in [0.2, 0.25) is 0 Å². The van der Waals surface area contributed by atoms with Crippen LogP contribution in [0.1, 0.15) is 25.3 Å². The van der Waals surface area contributed by atoms with Gasteiger partial charge in [-0.2, -0.15) is 0 Å². The highest BCUT2D eigenvalue weighted by Gasteiger charge is 2.11. The zero-order valence-corrected chi connectivity index (χ0v) is 16.9. The van der Waals surface area contributed by atoms with Gasteiger partial charge in [0.15, 0.2) is 5.96 Å². The van der Waals surface area contributed by atoms with E-state index in [1.807, 2.05) is 18.2 Å². The minimum atomic E-state index is 0.